The number of nitrogens with zero attached hydrogens (tertiary/aromatic N) is 2. The van der Waals surface area contributed by atoms with Gasteiger partial charge in [-0.2, -0.15) is 4.57 Å². The van der Waals surface area contributed by atoms with E-state index in [1.54, 1.807) is 5.56 Å². The van der Waals surface area contributed by atoms with E-state index in [1.807, 2.05) is 0 Å². The molecule has 1 aromatic heterocycles. The molecule has 2 unspecified atom stereocenters. The van der Waals surface area contributed by atoms with Gasteiger partial charge in [0.2, 0.25) is 0 Å². The summed E-state index contributed by atoms with van der Waals surface area (Å²) in [5.74, 6) is 2.33. The van der Waals surface area contributed by atoms with Crippen molar-refractivity contribution in [2.45, 2.75) is 90.0 Å². The summed E-state index contributed by atoms with van der Waals surface area (Å²) in [6.07, 6.45) is 9.69. The quantitative estimate of drug-likeness (QED) is 0.390. The molecule has 31 heavy (non-hydrogen) atoms. The minimum absolute atomic E-state index is 0.196. The van der Waals surface area contributed by atoms with Crippen LogP contribution in [-0.4, -0.2) is 4.57 Å². The molecule has 0 radical (unpaired) electrons. The lowest BCUT2D eigenvalue weighted by Gasteiger charge is -2.59. The fraction of sp³-hybridized carbons (Fsp3) is 0.483. The summed E-state index contributed by atoms with van der Waals surface area (Å²) in [5, 5.41) is 0. The topological polar surface area (TPSA) is 8.81 Å². The number of fused-ring (bicyclic) bond motifs is 6. The van der Waals surface area contributed by atoms with Gasteiger partial charge in [-0.15, -0.1) is 0 Å². The van der Waals surface area contributed by atoms with Crippen LogP contribution in [0.3, 0.4) is 0 Å². The second-order valence-electron chi connectivity index (χ2n) is 10.3. The summed E-state index contributed by atoms with van der Waals surface area (Å²) in [5.41, 5.74) is 7.72. The van der Waals surface area contributed by atoms with Crippen LogP contribution in [0, 0.1) is 0 Å². The van der Waals surface area contributed by atoms with Crippen LogP contribution < -0.4 is 4.57 Å². The standard InChI is InChI=1S/C29H37N2/c1-7-28-16-17-29(28,8-2)31-19-18-30(27(31)24-12-9-10-15-25(24)28)26-22(20(3)4)13-11-14-23(26)21(5)6/h9-15,18-21H,7-8,16-17H2,1-6H3/q+1. The van der Waals surface area contributed by atoms with Gasteiger partial charge in [0.15, 0.2) is 0 Å². The van der Waals surface area contributed by atoms with Crippen molar-refractivity contribution in [2.75, 3.05) is 0 Å². The Hall–Kier alpha value is -2.35. The fourth-order valence-electron chi connectivity index (χ4n) is 6.89. The Morgan fingerprint density at radius 2 is 1.55 bits per heavy atom. The molecule has 1 saturated carbocycles. The third kappa shape index (κ3) is 2.48. The van der Waals surface area contributed by atoms with Gasteiger partial charge in [-0.05, 0) is 49.1 Å². The van der Waals surface area contributed by atoms with E-state index in [-0.39, 0.29) is 11.0 Å². The molecule has 1 aliphatic heterocycles. The van der Waals surface area contributed by atoms with E-state index in [1.165, 1.54) is 53.9 Å². The Balaban J connectivity index is 1.87. The van der Waals surface area contributed by atoms with Gasteiger partial charge in [0, 0.05) is 16.5 Å². The van der Waals surface area contributed by atoms with Crippen molar-refractivity contribution in [1.29, 1.82) is 0 Å². The molecule has 0 saturated heterocycles. The molecule has 2 aromatic carbocycles. The minimum Gasteiger partial charge on any atom is -0.223 e. The Morgan fingerprint density at radius 3 is 2.10 bits per heavy atom. The van der Waals surface area contributed by atoms with Crippen LogP contribution in [-0.2, 0) is 11.0 Å². The van der Waals surface area contributed by atoms with Crippen LogP contribution in [0.1, 0.15) is 95.8 Å². The van der Waals surface area contributed by atoms with Gasteiger partial charge >= 0.3 is 0 Å². The van der Waals surface area contributed by atoms with Crippen molar-refractivity contribution >= 4 is 0 Å². The van der Waals surface area contributed by atoms with E-state index in [0.29, 0.717) is 11.8 Å². The largest absolute Gasteiger partial charge is 0.294 e. The van der Waals surface area contributed by atoms with Crippen molar-refractivity contribution in [3.05, 3.63) is 71.5 Å². The van der Waals surface area contributed by atoms with E-state index in [2.05, 4.69) is 106 Å². The molecular formula is C29H37N2+. The van der Waals surface area contributed by atoms with Crippen molar-refractivity contribution in [3.8, 4) is 17.1 Å². The van der Waals surface area contributed by atoms with Crippen LogP contribution >= 0.6 is 0 Å². The normalized spacial score (nSPS) is 24.0. The Labute approximate surface area is 187 Å². The molecular weight excluding hydrogens is 376 g/mol. The van der Waals surface area contributed by atoms with E-state index < -0.39 is 0 Å². The molecule has 0 bridgehead atoms. The first-order valence-electron chi connectivity index (χ1n) is 12.3. The molecule has 2 atom stereocenters. The highest BCUT2D eigenvalue weighted by Gasteiger charge is 2.66. The first kappa shape index (κ1) is 20.5. The second-order valence-corrected chi connectivity index (χ2v) is 10.3. The summed E-state index contributed by atoms with van der Waals surface area (Å²) in [6, 6.07) is 16.1. The maximum absolute atomic E-state index is 2.67. The van der Waals surface area contributed by atoms with E-state index in [4.69, 9.17) is 0 Å². The molecule has 2 aliphatic rings. The van der Waals surface area contributed by atoms with Crippen LogP contribution in [0.25, 0.3) is 17.1 Å². The van der Waals surface area contributed by atoms with Crippen molar-refractivity contribution in [2.24, 2.45) is 0 Å². The summed E-state index contributed by atoms with van der Waals surface area (Å²) in [7, 11) is 0. The van der Waals surface area contributed by atoms with Gasteiger partial charge in [0.25, 0.3) is 5.82 Å². The first-order valence-corrected chi connectivity index (χ1v) is 12.3. The highest BCUT2D eigenvalue weighted by molar-refractivity contribution is 5.67. The van der Waals surface area contributed by atoms with Crippen molar-refractivity contribution in [1.82, 2.24) is 4.57 Å². The minimum atomic E-state index is 0.196. The zero-order valence-corrected chi connectivity index (χ0v) is 20.1. The SMILES string of the molecule is CCC12CCC1(CC)[n+]1ccn(-c3c(C(C)C)cccc3C(C)C)c1-c1ccccc12. The van der Waals surface area contributed by atoms with Gasteiger partial charge in [-0.1, -0.05) is 77.9 Å². The van der Waals surface area contributed by atoms with E-state index >= 15 is 0 Å². The molecule has 0 spiro atoms. The first-order chi connectivity index (χ1) is 14.9. The van der Waals surface area contributed by atoms with Crippen LogP contribution in [0.2, 0.25) is 0 Å². The lowest BCUT2D eigenvalue weighted by Crippen LogP contribution is -2.75. The lowest BCUT2D eigenvalue weighted by atomic mass is 9.47. The third-order valence-corrected chi connectivity index (χ3v) is 8.59. The Morgan fingerprint density at radius 1 is 0.871 bits per heavy atom. The molecule has 1 aliphatic carbocycles. The number of rotatable bonds is 5. The fourth-order valence-corrected chi connectivity index (χ4v) is 6.89. The number of para-hydroxylation sites is 1. The van der Waals surface area contributed by atoms with Crippen molar-refractivity contribution < 1.29 is 4.57 Å². The number of aromatic nitrogens is 2. The molecule has 3 aromatic rings. The zero-order chi connectivity index (χ0) is 22.0. The molecule has 2 heterocycles. The summed E-state index contributed by atoms with van der Waals surface area (Å²) in [4.78, 5) is 0. The van der Waals surface area contributed by atoms with Crippen LogP contribution in [0.4, 0.5) is 0 Å². The second kappa shape index (κ2) is 7.08. The van der Waals surface area contributed by atoms with Gasteiger partial charge in [0.05, 0.1) is 5.56 Å². The molecule has 2 heteroatoms. The summed E-state index contributed by atoms with van der Waals surface area (Å²) < 4.78 is 5.20. The van der Waals surface area contributed by atoms with Gasteiger partial charge in [0.1, 0.15) is 23.6 Å². The molecule has 162 valence electrons. The third-order valence-electron chi connectivity index (χ3n) is 8.59. The van der Waals surface area contributed by atoms with E-state index in [0.717, 1.165) is 0 Å². The Bertz CT molecular complexity index is 1100. The summed E-state index contributed by atoms with van der Waals surface area (Å²) in [6.45, 7) is 14.1. The van der Waals surface area contributed by atoms with Crippen molar-refractivity contribution in [3.63, 3.8) is 0 Å². The van der Waals surface area contributed by atoms with Crippen LogP contribution in [0.15, 0.2) is 54.9 Å². The molecule has 1 fully saturated rings. The van der Waals surface area contributed by atoms with Gasteiger partial charge in [-0.3, -0.25) is 0 Å². The predicted octanol–water partition coefficient (Wildman–Crippen LogP) is 7.24. The van der Waals surface area contributed by atoms with Gasteiger partial charge in [-0.25, -0.2) is 4.57 Å². The predicted molar refractivity (Wildman–Crippen MR) is 129 cm³/mol. The zero-order valence-electron chi connectivity index (χ0n) is 20.1. The smallest absolute Gasteiger partial charge is 0.223 e. The number of benzene rings is 2. The molecule has 5 rings (SSSR count). The van der Waals surface area contributed by atoms with Crippen LogP contribution in [0.5, 0.6) is 0 Å². The number of imidazole rings is 1. The van der Waals surface area contributed by atoms with Gasteiger partial charge < -0.3 is 0 Å². The molecule has 2 nitrogen and oxygen atoms in total. The average molecular weight is 414 g/mol. The Kier molecular flexibility index (Phi) is 4.70. The average Bonchev–Trinajstić information content (AvgIpc) is 3.18. The maximum Gasteiger partial charge on any atom is 0.294 e. The van der Waals surface area contributed by atoms with E-state index in [9.17, 15) is 0 Å². The maximum atomic E-state index is 2.67. The highest BCUT2D eigenvalue weighted by atomic mass is 15.2. The number of hydrogen-bond donors (Lipinski definition) is 0. The monoisotopic (exact) mass is 413 g/mol. The number of hydrogen-bond acceptors (Lipinski definition) is 0. The molecule has 0 amide bonds. The molecule has 0 N–H and O–H groups in total. The highest BCUT2D eigenvalue weighted by Crippen LogP contribution is 2.61. The summed E-state index contributed by atoms with van der Waals surface area (Å²) >= 11 is 0. The lowest BCUT2D eigenvalue weighted by molar-refractivity contribution is -0.782.